The lowest BCUT2D eigenvalue weighted by Crippen LogP contribution is -2.42. The van der Waals surface area contributed by atoms with E-state index in [4.69, 9.17) is 11.6 Å². The number of para-hydroxylation sites is 1. The summed E-state index contributed by atoms with van der Waals surface area (Å²) in [6.07, 6.45) is 0.893. The molecule has 5 rings (SSSR count). The number of fused-ring (bicyclic) bond motifs is 2. The molecule has 0 saturated heterocycles. The van der Waals surface area contributed by atoms with Crippen LogP contribution in [0, 0.1) is 0 Å². The number of carbonyl (C=O) groups excluding carboxylic acids is 1. The van der Waals surface area contributed by atoms with Crippen molar-refractivity contribution >= 4 is 28.4 Å². The summed E-state index contributed by atoms with van der Waals surface area (Å²) < 4.78 is 2.73. The summed E-state index contributed by atoms with van der Waals surface area (Å²) in [6.45, 7) is 1.45. The minimum absolute atomic E-state index is 0.0298. The van der Waals surface area contributed by atoms with Gasteiger partial charge in [-0.05, 0) is 41.3 Å². The fourth-order valence-corrected chi connectivity index (χ4v) is 4.79. The van der Waals surface area contributed by atoms with Crippen LogP contribution in [0.2, 0.25) is 5.02 Å². The Kier molecular flexibility index (Phi) is 6.07. The maximum Gasteiger partial charge on any atom is 0.331 e. The Labute approximate surface area is 201 Å². The first kappa shape index (κ1) is 22.2. The van der Waals surface area contributed by atoms with Crippen LogP contribution in [-0.2, 0) is 30.8 Å². The molecule has 1 amide bonds. The van der Waals surface area contributed by atoms with Crippen LogP contribution in [0.25, 0.3) is 10.9 Å². The van der Waals surface area contributed by atoms with Crippen molar-refractivity contribution in [2.45, 2.75) is 32.5 Å². The molecule has 0 N–H and O–H groups in total. The lowest BCUT2D eigenvalue weighted by atomic mass is 10.00. The number of hydrogen-bond donors (Lipinski definition) is 0. The molecule has 0 spiro atoms. The predicted octanol–water partition coefficient (Wildman–Crippen LogP) is 3.84. The van der Waals surface area contributed by atoms with Crippen LogP contribution in [-0.4, -0.2) is 26.5 Å². The molecule has 0 saturated carbocycles. The van der Waals surface area contributed by atoms with Crippen molar-refractivity contribution in [2.75, 3.05) is 6.54 Å². The highest BCUT2D eigenvalue weighted by atomic mass is 35.5. The zero-order chi connectivity index (χ0) is 23.7. The molecule has 2 heterocycles. The summed E-state index contributed by atoms with van der Waals surface area (Å²) in [7, 11) is 0. The summed E-state index contributed by atoms with van der Waals surface area (Å²) >= 11 is 6.34. The molecular formula is C27H24ClN3O3. The van der Waals surface area contributed by atoms with Crippen molar-refractivity contribution in [1.82, 2.24) is 14.0 Å². The molecular weight excluding hydrogens is 450 g/mol. The number of carbonyl (C=O) groups is 1. The van der Waals surface area contributed by atoms with Crippen molar-refractivity contribution in [3.63, 3.8) is 0 Å². The second kappa shape index (κ2) is 9.31. The second-order valence-corrected chi connectivity index (χ2v) is 8.93. The molecule has 0 atom stereocenters. The van der Waals surface area contributed by atoms with Crippen LogP contribution in [0.4, 0.5) is 0 Å². The Balaban J connectivity index is 1.44. The third-order valence-electron chi connectivity index (χ3n) is 6.45. The van der Waals surface area contributed by atoms with Gasteiger partial charge in [0.25, 0.3) is 5.56 Å². The highest BCUT2D eigenvalue weighted by molar-refractivity contribution is 6.31. The minimum Gasteiger partial charge on any atom is -0.338 e. The number of aromatic nitrogens is 2. The van der Waals surface area contributed by atoms with E-state index in [0.29, 0.717) is 29.0 Å². The van der Waals surface area contributed by atoms with E-state index >= 15 is 0 Å². The lowest BCUT2D eigenvalue weighted by Gasteiger charge is -2.29. The molecule has 1 aliphatic rings. The first-order valence-corrected chi connectivity index (χ1v) is 11.7. The highest BCUT2D eigenvalue weighted by Crippen LogP contribution is 2.20. The van der Waals surface area contributed by atoms with Crippen LogP contribution < -0.4 is 11.2 Å². The van der Waals surface area contributed by atoms with Crippen LogP contribution >= 0.6 is 11.6 Å². The van der Waals surface area contributed by atoms with Gasteiger partial charge in [0.1, 0.15) is 0 Å². The molecule has 7 heteroatoms. The van der Waals surface area contributed by atoms with Gasteiger partial charge in [0.05, 0.1) is 17.4 Å². The number of benzene rings is 3. The van der Waals surface area contributed by atoms with E-state index in [2.05, 4.69) is 6.07 Å². The zero-order valence-electron chi connectivity index (χ0n) is 18.6. The Bertz CT molecular complexity index is 1510. The highest BCUT2D eigenvalue weighted by Gasteiger charge is 2.21. The van der Waals surface area contributed by atoms with Crippen molar-refractivity contribution in [1.29, 1.82) is 0 Å². The number of hydrogen-bond acceptors (Lipinski definition) is 3. The van der Waals surface area contributed by atoms with Crippen molar-refractivity contribution in [3.05, 3.63) is 115 Å². The molecule has 6 nitrogen and oxygen atoms in total. The second-order valence-electron chi connectivity index (χ2n) is 8.52. The van der Waals surface area contributed by atoms with Crippen molar-refractivity contribution < 1.29 is 4.79 Å². The molecule has 0 bridgehead atoms. The third-order valence-corrected chi connectivity index (χ3v) is 6.82. The molecule has 1 aromatic heterocycles. The van der Waals surface area contributed by atoms with Crippen LogP contribution in [0.3, 0.4) is 0 Å². The average Bonchev–Trinajstić information content (AvgIpc) is 2.87. The molecule has 3 aromatic carbocycles. The zero-order valence-corrected chi connectivity index (χ0v) is 19.4. The molecule has 0 radical (unpaired) electrons. The largest absolute Gasteiger partial charge is 0.338 e. The lowest BCUT2D eigenvalue weighted by molar-refractivity contribution is -0.132. The Morgan fingerprint density at radius 2 is 1.56 bits per heavy atom. The van der Waals surface area contributed by atoms with Gasteiger partial charge in [0, 0.05) is 31.1 Å². The SMILES string of the molecule is O=C(CCn1c(=O)c2ccccc2n(Cc2ccccc2Cl)c1=O)N1CCc2ccccc2C1. The summed E-state index contributed by atoms with van der Waals surface area (Å²) in [5.41, 5.74) is 2.91. The molecule has 1 aliphatic heterocycles. The van der Waals surface area contributed by atoms with Gasteiger partial charge in [-0.15, -0.1) is 0 Å². The van der Waals surface area contributed by atoms with E-state index in [1.165, 1.54) is 10.1 Å². The normalized spacial score (nSPS) is 13.1. The number of rotatable bonds is 5. The van der Waals surface area contributed by atoms with E-state index in [-0.39, 0.29) is 31.0 Å². The molecule has 4 aromatic rings. The minimum atomic E-state index is -0.444. The fourth-order valence-electron chi connectivity index (χ4n) is 4.59. The first-order chi connectivity index (χ1) is 16.5. The van der Waals surface area contributed by atoms with E-state index < -0.39 is 5.69 Å². The number of halogens is 1. The topological polar surface area (TPSA) is 64.3 Å². The molecule has 0 aliphatic carbocycles. The van der Waals surface area contributed by atoms with Crippen molar-refractivity contribution in [3.8, 4) is 0 Å². The molecule has 0 fully saturated rings. The molecule has 34 heavy (non-hydrogen) atoms. The molecule has 0 unspecified atom stereocenters. The van der Waals surface area contributed by atoms with Gasteiger partial charge in [-0.1, -0.05) is 66.2 Å². The Morgan fingerprint density at radius 1 is 0.853 bits per heavy atom. The first-order valence-electron chi connectivity index (χ1n) is 11.3. The van der Waals surface area contributed by atoms with Gasteiger partial charge < -0.3 is 4.90 Å². The summed E-state index contributed by atoms with van der Waals surface area (Å²) in [5, 5.41) is 0.991. The maximum absolute atomic E-state index is 13.4. The smallest absolute Gasteiger partial charge is 0.331 e. The van der Waals surface area contributed by atoms with Crippen molar-refractivity contribution in [2.24, 2.45) is 0 Å². The van der Waals surface area contributed by atoms with Gasteiger partial charge in [0.2, 0.25) is 5.91 Å². The van der Waals surface area contributed by atoms with Crippen LogP contribution in [0.1, 0.15) is 23.1 Å². The quantitative estimate of drug-likeness (QED) is 0.442. The van der Waals surface area contributed by atoms with E-state index in [9.17, 15) is 14.4 Å². The predicted molar refractivity (Wildman–Crippen MR) is 133 cm³/mol. The summed E-state index contributed by atoms with van der Waals surface area (Å²) in [4.78, 5) is 41.4. The van der Waals surface area contributed by atoms with E-state index in [1.807, 2.05) is 36.4 Å². The van der Waals surface area contributed by atoms with Crippen LogP contribution in [0.15, 0.2) is 82.4 Å². The Morgan fingerprint density at radius 3 is 2.38 bits per heavy atom. The van der Waals surface area contributed by atoms with Gasteiger partial charge in [-0.2, -0.15) is 0 Å². The van der Waals surface area contributed by atoms with Gasteiger partial charge in [-0.3, -0.25) is 18.7 Å². The third kappa shape index (κ3) is 4.17. The summed E-state index contributed by atoms with van der Waals surface area (Å²) in [5.74, 6) is -0.0633. The molecule has 172 valence electrons. The van der Waals surface area contributed by atoms with E-state index in [1.54, 1.807) is 39.8 Å². The maximum atomic E-state index is 13.4. The standard InChI is InChI=1S/C27H24ClN3O3/c28-23-11-5-3-9-21(23)18-31-24-12-6-4-10-22(24)26(33)30(27(31)34)16-14-25(32)29-15-13-19-7-1-2-8-20(19)17-29/h1-12H,13-18H2. The number of nitrogens with zero attached hydrogens (tertiary/aromatic N) is 3. The summed E-state index contributed by atoms with van der Waals surface area (Å²) in [6, 6.07) is 22.5. The van der Waals surface area contributed by atoms with Crippen LogP contribution in [0.5, 0.6) is 0 Å². The Hall–Kier alpha value is -3.64. The van der Waals surface area contributed by atoms with Gasteiger partial charge >= 0.3 is 5.69 Å². The van der Waals surface area contributed by atoms with E-state index in [0.717, 1.165) is 17.5 Å². The van der Waals surface area contributed by atoms with Gasteiger partial charge in [-0.25, -0.2) is 4.79 Å². The fraction of sp³-hybridized carbons (Fsp3) is 0.222. The monoisotopic (exact) mass is 473 g/mol. The number of amides is 1. The van der Waals surface area contributed by atoms with Gasteiger partial charge in [0.15, 0.2) is 0 Å². The average molecular weight is 474 g/mol.